The lowest BCUT2D eigenvalue weighted by atomic mass is 10.0. The molecule has 1 aromatic heterocycles. The highest BCUT2D eigenvalue weighted by atomic mass is 32.2. The molecule has 0 aromatic carbocycles. The van der Waals surface area contributed by atoms with Gasteiger partial charge in [-0.3, -0.25) is 34.1 Å². The molecule has 0 saturated carbocycles. The second-order valence-corrected chi connectivity index (χ2v) is 7.30. The zero-order chi connectivity index (χ0) is 21.5. The Kier molecular flexibility index (Phi) is 5.28. The van der Waals surface area contributed by atoms with Crippen molar-refractivity contribution in [3.8, 4) is 0 Å². The molecule has 0 unspecified atom stereocenters. The topological polar surface area (TPSA) is 174 Å². The molecule has 14 heteroatoms. The summed E-state index contributed by atoms with van der Waals surface area (Å²) in [5, 5.41) is 26.0. The first-order valence-corrected chi connectivity index (χ1v) is 9.19. The summed E-state index contributed by atoms with van der Waals surface area (Å²) >= 11 is 1.18. The van der Waals surface area contributed by atoms with Gasteiger partial charge in [0.2, 0.25) is 5.69 Å². The van der Waals surface area contributed by atoms with Gasteiger partial charge in [0.05, 0.1) is 4.92 Å². The van der Waals surface area contributed by atoms with Crippen LogP contribution in [0.15, 0.2) is 17.5 Å². The van der Waals surface area contributed by atoms with Crippen LogP contribution in [0.3, 0.4) is 0 Å². The summed E-state index contributed by atoms with van der Waals surface area (Å²) in [5.74, 6) is -3.39. The summed E-state index contributed by atoms with van der Waals surface area (Å²) < 4.78 is 5.94. The lowest BCUT2D eigenvalue weighted by Crippen LogP contribution is -2.70. The van der Waals surface area contributed by atoms with Crippen LogP contribution in [0.4, 0.5) is 5.69 Å². The van der Waals surface area contributed by atoms with Gasteiger partial charge in [-0.15, -0.1) is 11.8 Å². The summed E-state index contributed by atoms with van der Waals surface area (Å²) in [6.07, 6.45) is 1.06. The molecule has 0 radical (unpaired) electrons. The van der Waals surface area contributed by atoms with Crippen LogP contribution in [0.25, 0.3) is 0 Å². The number of aliphatic carboxylic acids is 1. The van der Waals surface area contributed by atoms with Crippen molar-refractivity contribution in [2.75, 3.05) is 12.4 Å². The highest BCUT2D eigenvalue weighted by Gasteiger charge is 2.54. The number of aryl methyl sites for hydroxylation is 1. The number of aromatic nitrogens is 2. The fourth-order valence-corrected chi connectivity index (χ4v) is 4.29. The molecule has 2 N–H and O–H groups in total. The number of hydrogen-bond acceptors (Lipinski definition) is 9. The zero-order valence-electron chi connectivity index (χ0n) is 15.1. The SMILES string of the molecule is CC(=O)OCC1=C(C(=O)O)N2C(=O)[C@@H](NC(=O)c3nn(C)cc3[N+](=O)[O-])[C@@H]2SC1. The number of hydrogen-bond donors (Lipinski definition) is 2. The Morgan fingerprint density at radius 2 is 2.17 bits per heavy atom. The average molecular weight is 425 g/mol. The van der Waals surface area contributed by atoms with Gasteiger partial charge in [-0.05, 0) is 0 Å². The van der Waals surface area contributed by atoms with E-state index in [9.17, 15) is 34.4 Å². The van der Waals surface area contributed by atoms with E-state index in [1.807, 2.05) is 0 Å². The van der Waals surface area contributed by atoms with Crippen LogP contribution in [-0.4, -0.2) is 72.2 Å². The third-order valence-corrected chi connectivity index (χ3v) is 5.55. The van der Waals surface area contributed by atoms with Crippen LogP contribution in [-0.2, 0) is 26.2 Å². The summed E-state index contributed by atoms with van der Waals surface area (Å²) in [7, 11) is 1.41. The van der Waals surface area contributed by atoms with Gasteiger partial charge in [-0.1, -0.05) is 0 Å². The van der Waals surface area contributed by atoms with Gasteiger partial charge in [-0.2, -0.15) is 5.10 Å². The number of fused-ring (bicyclic) bond motifs is 1. The van der Waals surface area contributed by atoms with Crippen LogP contribution in [0.5, 0.6) is 0 Å². The van der Waals surface area contributed by atoms with Crippen LogP contribution < -0.4 is 5.32 Å². The fraction of sp³-hybridized carbons (Fsp3) is 0.400. The van der Waals surface area contributed by atoms with Crippen molar-refractivity contribution in [1.29, 1.82) is 0 Å². The molecular weight excluding hydrogens is 410 g/mol. The number of carboxylic acids is 1. The van der Waals surface area contributed by atoms with Crippen LogP contribution in [0.2, 0.25) is 0 Å². The molecule has 0 bridgehead atoms. The minimum absolute atomic E-state index is 0.166. The molecule has 2 aliphatic rings. The third-order valence-electron chi connectivity index (χ3n) is 4.21. The number of carbonyl (C=O) groups is 4. The molecule has 29 heavy (non-hydrogen) atoms. The number of carboxylic acid groups (broad SMARTS) is 1. The van der Waals surface area contributed by atoms with Gasteiger partial charge < -0.3 is 15.2 Å². The Hall–Kier alpha value is -3.42. The van der Waals surface area contributed by atoms with Crippen molar-refractivity contribution in [3.63, 3.8) is 0 Å². The predicted molar refractivity (Wildman–Crippen MR) is 95.5 cm³/mol. The number of esters is 1. The fourth-order valence-electron chi connectivity index (χ4n) is 2.96. The van der Waals surface area contributed by atoms with Gasteiger partial charge in [0.15, 0.2) is 0 Å². The molecule has 3 rings (SSSR count). The monoisotopic (exact) mass is 425 g/mol. The Morgan fingerprint density at radius 3 is 2.76 bits per heavy atom. The molecule has 13 nitrogen and oxygen atoms in total. The van der Waals surface area contributed by atoms with Gasteiger partial charge in [0.1, 0.15) is 29.9 Å². The van der Waals surface area contributed by atoms with Crippen molar-refractivity contribution < 1.29 is 33.9 Å². The first-order valence-electron chi connectivity index (χ1n) is 8.14. The maximum Gasteiger partial charge on any atom is 0.352 e. The number of nitrogens with zero attached hydrogens (tertiary/aromatic N) is 4. The summed E-state index contributed by atoms with van der Waals surface area (Å²) in [4.78, 5) is 58.8. The van der Waals surface area contributed by atoms with E-state index in [-0.39, 0.29) is 23.6 Å². The minimum atomic E-state index is -1.36. The maximum absolute atomic E-state index is 12.5. The second-order valence-electron chi connectivity index (χ2n) is 6.19. The van der Waals surface area contributed by atoms with Gasteiger partial charge in [0, 0.05) is 25.3 Å². The molecule has 2 amide bonds. The summed E-state index contributed by atoms with van der Waals surface area (Å²) in [5.41, 5.74) is -1.00. The largest absolute Gasteiger partial charge is 0.477 e. The molecule has 2 aliphatic heterocycles. The van der Waals surface area contributed by atoms with E-state index in [0.717, 1.165) is 15.8 Å². The van der Waals surface area contributed by atoms with E-state index in [1.165, 1.54) is 25.7 Å². The number of nitrogens with one attached hydrogen (secondary N) is 1. The molecule has 0 spiro atoms. The number of thioether (sulfide) groups is 1. The molecule has 1 fully saturated rings. The van der Waals surface area contributed by atoms with Crippen molar-refractivity contribution in [2.45, 2.75) is 18.3 Å². The predicted octanol–water partition coefficient (Wildman–Crippen LogP) is -0.756. The minimum Gasteiger partial charge on any atom is -0.477 e. The van der Waals surface area contributed by atoms with E-state index in [2.05, 4.69) is 10.4 Å². The number of carbonyl (C=O) groups excluding carboxylic acids is 3. The highest BCUT2D eigenvalue weighted by molar-refractivity contribution is 8.00. The van der Waals surface area contributed by atoms with E-state index in [1.54, 1.807) is 0 Å². The standard InChI is InChI=1S/C15H15N5O8S/c1-6(21)28-4-7-5-29-14-10(13(23)19(14)11(7)15(24)25)16-12(22)9-8(20(26)27)3-18(2)17-9/h3,10,14H,4-5H2,1-2H3,(H,16,22)(H,24,25)/t10-,14+/m1/s1. The first kappa shape index (κ1) is 20.3. The van der Waals surface area contributed by atoms with Gasteiger partial charge in [-0.25, -0.2) is 4.79 Å². The molecule has 1 saturated heterocycles. The van der Waals surface area contributed by atoms with E-state index < -0.39 is 51.5 Å². The van der Waals surface area contributed by atoms with Crippen LogP contribution in [0.1, 0.15) is 17.4 Å². The van der Waals surface area contributed by atoms with E-state index in [0.29, 0.717) is 0 Å². The summed E-state index contributed by atoms with van der Waals surface area (Å²) in [6, 6.07) is -1.07. The smallest absolute Gasteiger partial charge is 0.352 e. The van der Waals surface area contributed by atoms with Crippen molar-refractivity contribution in [3.05, 3.63) is 33.3 Å². The maximum atomic E-state index is 12.5. The Bertz CT molecular complexity index is 970. The lowest BCUT2D eigenvalue weighted by molar-refractivity contribution is -0.385. The zero-order valence-corrected chi connectivity index (χ0v) is 16.0. The second kappa shape index (κ2) is 7.54. The normalized spacial score (nSPS) is 20.6. The Morgan fingerprint density at radius 1 is 1.48 bits per heavy atom. The Labute approximate surface area is 166 Å². The number of rotatable bonds is 6. The van der Waals surface area contributed by atoms with Crippen molar-refractivity contribution in [2.24, 2.45) is 7.05 Å². The third kappa shape index (κ3) is 3.65. The molecule has 0 aliphatic carbocycles. The number of ether oxygens (including phenoxy) is 1. The quantitative estimate of drug-likeness (QED) is 0.255. The summed E-state index contributed by atoms with van der Waals surface area (Å²) in [6.45, 7) is 0.911. The average Bonchev–Trinajstić information content (AvgIpc) is 3.05. The van der Waals surface area contributed by atoms with Crippen LogP contribution >= 0.6 is 11.8 Å². The number of amides is 2. The highest BCUT2D eigenvalue weighted by Crippen LogP contribution is 2.40. The van der Waals surface area contributed by atoms with Crippen LogP contribution in [0, 0.1) is 10.1 Å². The van der Waals surface area contributed by atoms with E-state index in [4.69, 9.17) is 4.74 Å². The Balaban J connectivity index is 1.79. The van der Waals surface area contributed by atoms with Gasteiger partial charge >= 0.3 is 17.6 Å². The van der Waals surface area contributed by atoms with E-state index >= 15 is 0 Å². The molecule has 1 aromatic rings. The molecule has 2 atom stereocenters. The number of nitro groups is 1. The molecule has 3 heterocycles. The lowest BCUT2D eigenvalue weighted by Gasteiger charge is -2.49. The van der Waals surface area contributed by atoms with Crippen molar-refractivity contribution in [1.82, 2.24) is 20.0 Å². The molecule has 154 valence electrons. The first-order chi connectivity index (χ1) is 13.6. The number of β-lactam (4-membered cyclic amide) rings is 1. The van der Waals surface area contributed by atoms with Crippen molar-refractivity contribution >= 4 is 41.2 Å². The van der Waals surface area contributed by atoms with Gasteiger partial charge in [0.25, 0.3) is 11.8 Å². The molecular formula is C15H15N5O8S.